The van der Waals surface area contributed by atoms with E-state index in [1.807, 2.05) is 36.4 Å². The average Bonchev–Trinajstić information content (AvgIpc) is 2.75. The van der Waals surface area contributed by atoms with E-state index in [0.29, 0.717) is 0 Å². The fourth-order valence-electron chi connectivity index (χ4n) is 3.14. The Balaban J connectivity index is 2.41. The molecular formula is C25H32N2O6. The van der Waals surface area contributed by atoms with Crippen LogP contribution in [-0.2, 0) is 31.9 Å². The van der Waals surface area contributed by atoms with Crippen molar-refractivity contribution in [2.24, 2.45) is 0 Å². The van der Waals surface area contributed by atoms with Crippen molar-refractivity contribution in [1.29, 1.82) is 0 Å². The Hall–Kier alpha value is -3.39. The van der Waals surface area contributed by atoms with Gasteiger partial charge in [0.2, 0.25) is 0 Å². The van der Waals surface area contributed by atoms with Crippen LogP contribution in [-0.4, -0.2) is 52.4 Å². The first-order valence-electron chi connectivity index (χ1n) is 10.9. The van der Waals surface area contributed by atoms with E-state index < -0.39 is 35.7 Å². The number of nitrogens with zero attached hydrogens (tertiary/aromatic N) is 1. The molecular weight excluding hydrogens is 424 g/mol. The van der Waals surface area contributed by atoms with Gasteiger partial charge in [0, 0.05) is 12.8 Å². The second-order valence-corrected chi connectivity index (χ2v) is 8.52. The molecule has 33 heavy (non-hydrogen) atoms. The normalized spacial score (nSPS) is 13.0. The van der Waals surface area contributed by atoms with Crippen molar-refractivity contribution in [2.75, 3.05) is 6.61 Å². The summed E-state index contributed by atoms with van der Waals surface area (Å²) in [6.07, 6.45) is -0.657. The Morgan fingerprint density at radius 2 is 1.45 bits per heavy atom. The number of rotatable bonds is 10. The predicted octanol–water partition coefficient (Wildman–Crippen LogP) is 3.60. The highest BCUT2D eigenvalue weighted by molar-refractivity contribution is 5.82. The third-order valence-corrected chi connectivity index (χ3v) is 4.61. The molecule has 2 aromatic carbocycles. The molecule has 0 aromatic heterocycles. The lowest BCUT2D eigenvalue weighted by Gasteiger charge is -2.34. The fraction of sp³-hybridized carbons (Fsp3) is 0.400. The lowest BCUT2D eigenvalue weighted by molar-refractivity contribution is -0.153. The summed E-state index contributed by atoms with van der Waals surface area (Å²) in [7, 11) is 0. The third-order valence-electron chi connectivity index (χ3n) is 4.61. The van der Waals surface area contributed by atoms with Crippen LogP contribution in [0, 0.1) is 0 Å². The van der Waals surface area contributed by atoms with Crippen LogP contribution in [0.4, 0.5) is 4.79 Å². The van der Waals surface area contributed by atoms with Crippen LogP contribution in [0.2, 0.25) is 0 Å². The van der Waals surface area contributed by atoms with Gasteiger partial charge >= 0.3 is 18.0 Å². The molecule has 2 atom stereocenters. The first kappa shape index (κ1) is 25.9. The number of carboxylic acid groups (broad SMARTS) is 1. The summed E-state index contributed by atoms with van der Waals surface area (Å²) >= 11 is 0. The van der Waals surface area contributed by atoms with E-state index in [-0.39, 0.29) is 19.4 Å². The molecule has 0 heterocycles. The number of amides is 1. The summed E-state index contributed by atoms with van der Waals surface area (Å²) in [6.45, 7) is 6.85. The van der Waals surface area contributed by atoms with Gasteiger partial charge in [0.25, 0.3) is 0 Å². The molecule has 0 fully saturated rings. The topological polar surface area (TPSA) is 105 Å². The van der Waals surface area contributed by atoms with Crippen LogP contribution in [0.25, 0.3) is 0 Å². The minimum atomic E-state index is -1.19. The molecule has 2 N–H and O–H groups in total. The van der Waals surface area contributed by atoms with Crippen molar-refractivity contribution in [3.05, 3.63) is 71.8 Å². The highest BCUT2D eigenvalue weighted by Gasteiger charge is 2.37. The Morgan fingerprint density at radius 3 is 1.91 bits per heavy atom. The molecule has 2 rings (SSSR count). The number of aliphatic carboxylic acids is 1. The van der Waals surface area contributed by atoms with Gasteiger partial charge in [-0.2, -0.15) is 0 Å². The van der Waals surface area contributed by atoms with Gasteiger partial charge in [0.15, 0.2) is 6.04 Å². The van der Waals surface area contributed by atoms with E-state index in [1.54, 1.807) is 52.0 Å². The van der Waals surface area contributed by atoms with Crippen molar-refractivity contribution in [2.45, 2.75) is 58.2 Å². The van der Waals surface area contributed by atoms with Gasteiger partial charge < -0.3 is 14.6 Å². The summed E-state index contributed by atoms with van der Waals surface area (Å²) in [5.74, 6) is -1.83. The number of hydrogen-bond acceptors (Lipinski definition) is 6. The summed E-state index contributed by atoms with van der Waals surface area (Å²) in [4.78, 5) is 38.1. The van der Waals surface area contributed by atoms with E-state index in [2.05, 4.69) is 5.43 Å². The number of carbonyl (C=O) groups is 3. The fourth-order valence-corrected chi connectivity index (χ4v) is 3.14. The zero-order chi connectivity index (χ0) is 24.4. The Kier molecular flexibility index (Phi) is 9.42. The highest BCUT2D eigenvalue weighted by Crippen LogP contribution is 2.16. The number of benzene rings is 2. The minimum Gasteiger partial charge on any atom is -0.480 e. The Labute approximate surface area is 194 Å². The molecule has 2 aromatic rings. The van der Waals surface area contributed by atoms with Gasteiger partial charge in [-0.25, -0.2) is 20.0 Å². The number of hydrogen-bond donors (Lipinski definition) is 2. The van der Waals surface area contributed by atoms with E-state index in [0.717, 1.165) is 16.1 Å². The molecule has 178 valence electrons. The van der Waals surface area contributed by atoms with Crippen molar-refractivity contribution in [1.82, 2.24) is 10.4 Å². The Bertz CT molecular complexity index is 911. The van der Waals surface area contributed by atoms with Crippen LogP contribution >= 0.6 is 0 Å². The molecule has 0 spiro atoms. The maximum absolute atomic E-state index is 13.2. The highest BCUT2D eigenvalue weighted by atomic mass is 16.6. The standard InChI is InChI=1S/C25H32N2O6/c1-5-32-23(30)21(17-19-14-10-7-11-15-19)27(24(31)33-25(2,3)4)26-20(22(28)29)16-18-12-8-6-9-13-18/h6-15,20-21,26H,5,16-17H2,1-4H3,(H,28,29)/t20-,21-/m0/s1. The molecule has 0 saturated carbocycles. The summed E-state index contributed by atoms with van der Waals surface area (Å²) in [5.41, 5.74) is 3.42. The van der Waals surface area contributed by atoms with Gasteiger partial charge in [-0.1, -0.05) is 60.7 Å². The van der Waals surface area contributed by atoms with E-state index in [4.69, 9.17) is 9.47 Å². The van der Waals surface area contributed by atoms with Crippen molar-refractivity contribution >= 4 is 18.0 Å². The molecule has 8 heteroatoms. The maximum atomic E-state index is 13.2. The smallest absolute Gasteiger partial charge is 0.425 e. The van der Waals surface area contributed by atoms with Crippen LogP contribution < -0.4 is 5.43 Å². The molecule has 0 bridgehead atoms. The molecule has 0 saturated heterocycles. The van der Waals surface area contributed by atoms with Gasteiger partial charge in [0.1, 0.15) is 11.6 Å². The summed E-state index contributed by atoms with van der Waals surface area (Å²) in [5, 5.41) is 10.8. The number of esters is 1. The maximum Gasteiger partial charge on any atom is 0.425 e. The van der Waals surface area contributed by atoms with E-state index in [9.17, 15) is 19.5 Å². The number of carboxylic acids is 1. The van der Waals surface area contributed by atoms with Gasteiger partial charge in [-0.3, -0.25) is 4.79 Å². The van der Waals surface area contributed by atoms with Crippen molar-refractivity contribution < 1.29 is 29.0 Å². The summed E-state index contributed by atoms with van der Waals surface area (Å²) in [6, 6.07) is 15.8. The first-order valence-corrected chi connectivity index (χ1v) is 10.9. The van der Waals surface area contributed by atoms with E-state index >= 15 is 0 Å². The lowest BCUT2D eigenvalue weighted by Crippen LogP contribution is -2.60. The molecule has 0 unspecified atom stereocenters. The molecule has 1 amide bonds. The first-order chi connectivity index (χ1) is 15.6. The largest absolute Gasteiger partial charge is 0.480 e. The second-order valence-electron chi connectivity index (χ2n) is 8.52. The predicted molar refractivity (Wildman–Crippen MR) is 123 cm³/mol. The number of nitrogens with one attached hydrogen (secondary N) is 1. The SMILES string of the molecule is CCOC(=O)[C@H](Cc1ccccc1)N(N[C@@H](Cc1ccccc1)C(=O)O)C(=O)OC(C)(C)C. The molecule has 0 aliphatic heterocycles. The molecule has 0 aliphatic rings. The van der Waals surface area contributed by atoms with E-state index in [1.165, 1.54) is 0 Å². The molecule has 0 aliphatic carbocycles. The third kappa shape index (κ3) is 8.57. The average molecular weight is 457 g/mol. The second kappa shape index (κ2) is 12.0. The number of hydrazine groups is 1. The summed E-state index contributed by atoms with van der Waals surface area (Å²) < 4.78 is 10.7. The van der Waals surface area contributed by atoms with Crippen molar-refractivity contribution in [3.63, 3.8) is 0 Å². The zero-order valence-corrected chi connectivity index (χ0v) is 19.5. The zero-order valence-electron chi connectivity index (χ0n) is 19.5. The van der Waals surface area contributed by atoms with Crippen LogP contribution in [0.5, 0.6) is 0 Å². The van der Waals surface area contributed by atoms with Crippen LogP contribution in [0.1, 0.15) is 38.8 Å². The van der Waals surface area contributed by atoms with Gasteiger partial charge in [0.05, 0.1) is 6.61 Å². The quantitative estimate of drug-likeness (QED) is 0.416. The number of ether oxygens (including phenoxy) is 2. The minimum absolute atomic E-state index is 0.0936. The van der Waals surface area contributed by atoms with Gasteiger partial charge in [-0.05, 0) is 38.8 Å². The van der Waals surface area contributed by atoms with Crippen LogP contribution in [0.15, 0.2) is 60.7 Å². The Morgan fingerprint density at radius 1 is 0.939 bits per heavy atom. The van der Waals surface area contributed by atoms with Gasteiger partial charge in [-0.15, -0.1) is 0 Å². The monoisotopic (exact) mass is 456 g/mol. The molecule has 0 radical (unpaired) electrons. The van der Waals surface area contributed by atoms with Crippen LogP contribution in [0.3, 0.4) is 0 Å². The molecule has 8 nitrogen and oxygen atoms in total. The lowest BCUT2D eigenvalue weighted by atomic mass is 10.0. The van der Waals surface area contributed by atoms with Crippen molar-refractivity contribution in [3.8, 4) is 0 Å². The number of carbonyl (C=O) groups excluding carboxylic acids is 2.